The van der Waals surface area contributed by atoms with Crippen molar-refractivity contribution in [2.45, 2.75) is 20.1 Å². The van der Waals surface area contributed by atoms with Gasteiger partial charge in [0.15, 0.2) is 0 Å². The fourth-order valence-corrected chi connectivity index (χ4v) is 2.18. The lowest BCUT2D eigenvalue weighted by Gasteiger charge is -2.10. The van der Waals surface area contributed by atoms with Crippen LogP contribution in [-0.4, -0.2) is 31.5 Å². The second-order valence-corrected chi connectivity index (χ2v) is 5.37. The molecule has 0 amide bonds. The van der Waals surface area contributed by atoms with Gasteiger partial charge in [-0.1, -0.05) is 36.4 Å². The monoisotopic (exact) mass is 315 g/mol. The molecule has 0 saturated heterocycles. The van der Waals surface area contributed by atoms with Gasteiger partial charge < -0.3 is 19.9 Å². The third-order valence-corrected chi connectivity index (χ3v) is 3.57. The minimum absolute atomic E-state index is 0.0734. The molecule has 0 atom stereocenters. The molecule has 124 valence electrons. The molecular formula is C19H25NO3. The zero-order valence-corrected chi connectivity index (χ0v) is 13.6. The van der Waals surface area contributed by atoms with Crippen LogP contribution in [-0.2, 0) is 17.9 Å². The molecule has 0 bridgehead atoms. The Morgan fingerprint density at radius 1 is 1.00 bits per heavy atom. The maximum atomic E-state index is 8.60. The summed E-state index contributed by atoms with van der Waals surface area (Å²) in [6.45, 7) is 5.33. The van der Waals surface area contributed by atoms with E-state index in [1.54, 1.807) is 0 Å². The van der Waals surface area contributed by atoms with Gasteiger partial charge in [-0.3, -0.25) is 0 Å². The highest BCUT2D eigenvalue weighted by Gasteiger charge is 1.99. The van der Waals surface area contributed by atoms with Gasteiger partial charge in [-0.2, -0.15) is 0 Å². The number of nitrogens with one attached hydrogen (secondary N) is 1. The van der Waals surface area contributed by atoms with Gasteiger partial charge in [-0.25, -0.2) is 0 Å². The Morgan fingerprint density at radius 2 is 1.78 bits per heavy atom. The summed E-state index contributed by atoms with van der Waals surface area (Å²) < 4.78 is 11.0. The summed E-state index contributed by atoms with van der Waals surface area (Å²) in [5.41, 5.74) is 3.66. The quantitative estimate of drug-likeness (QED) is 0.662. The average Bonchev–Trinajstić information content (AvgIpc) is 2.58. The van der Waals surface area contributed by atoms with E-state index >= 15 is 0 Å². The molecule has 0 spiro atoms. The molecule has 0 aliphatic carbocycles. The second kappa shape index (κ2) is 10.0. The fourth-order valence-electron chi connectivity index (χ4n) is 2.18. The number of benzene rings is 2. The molecule has 2 aromatic carbocycles. The van der Waals surface area contributed by atoms with E-state index in [1.807, 2.05) is 24.3 Å². The number of hydrogen-bond acceptors (Lipinski definition) is 4. The minimum Gasteiger partial charge on any atom is -0.489 e. The van der Waals surface area contributed by atoms with Crippen LogP contribution in [0.4, 0.5) is 0 Å². The molecule has 4 heteroatoms. The average molecular weight is 315 g/mol. The number of hydrogen-bond donors (Lipinski definition) is 2. The first kappa shape index (κ1) is 17.5. The lowest BCUT2D eigenvalue weighted by atomic mass is 10.1. The summed E-state index contributed by atoms with van der Waals surface area (Å²) in [6, 6.07) is 16.4. The summed E-state index contributed by atoms with van der Waals surface area (Å²) in [6.07, 6.45) is 0. The Bertz CT molecular complexity index is 569. The first-order valence-corrected chi connectivity index (χ1v) is 7.95. The Kier molecular flexibility index (Phi) is 7.60. The van der Waals surface area contributed by atoms with Gasteiger partial charge in [0.25, 0.3) is 0 Å². The molecule has 2 aromatic rings. The predicted octanol–water partition coefficient (Wildman–Crippen LogP) is 2.67. The van der Waals surface area contributed by atoms with Crippen molar-refractivity contribution in [1.29, 1.82) is 0 Å². The van der Waals surface area contributed by atoms with Gasteiger partial charge in [-0.15, -0.1) is 0 Å². The summed E-state index contributed by atoms with van der Waals surface area (Å²) in [4.78, 5) is 0. The van der Waals surface area contributed by atoms with Crippen LogP contribution in [0, 0.1) is 6.92 Å². The summed E-state index contributed by atoms with van der Waals surface area (Å²) in [5, 5.41) is 11.9. The zero-order valence-electron chi connectivity index (χ0n) is 13.6. The molecule has 2 N–H and O–H groups in total. The maximum absolute atomic E-state index is 8.60. The van der Waals surface area contributed by atoms with Crippen LogP contribution in [0.25, 0.3) is 0 Å². The van der Waals surface area contributed by atoms with Crippen LogP contribution in [0.3, 0.4) is 0 Å². The number of aliphatic hydroxyl groups excluding tert-OH is 1. The Labute approximate surface area is 138 Å². The zero-order chi connectivity index (χ0) is 16.3. The highest BCUT2D eigenvalue weighted by Crippen LogP contribution is 2.15. The largest absolute Gasteiger partial charge is 0.489 e. The predicted molar refractivity (Wildman–Crippen MR) is 91.6 cm³/mol. The third kappa shape index (κ3) is 6.40. The molecule has 0 heterocycles. The van der Waals surface area contributed by atoms with Crippen LogP contribution in [0.1, 0.15) is 16.7 Å². The van der Waals surface area contributed by atoms with Gasteiger partial charge in [0, 0.05) is 13.1 Å². The van der Waals surface area contributed by atoms with Gasteiger partial charge in [0.05, 0.1) is 19.8 Å². The first-order valence-electron chi connectivity index (χ1n) is 7.95. The van der Waals surface area contributed by atoms with Crippen molar-refractivity contribution in [2.75, 3.05) is 26.4 Å². The molecule has 0 fully saturated rings. The molecule has 0 aliphatic rings. The molecule has 0 radical (unpaired) electrons. The smallest absolute Gasteiger partial charge is 0.119 e. The molecule has 0 unspecified atom stereocenters. The fraction of sp³-hybridized carbons (Fsp3) is 0.368. The molecule has 4 nitrogen and oxygen atoms in total. The number of rotatable bonds is 10. The Morgan fingerprint density at radius 3 is 2.52 bits per heavy atom. The van der Waals surface area contributed by atoms with E-state index < -0.39 is 0 Å². The van der Waals surface area contributed by atoms with E-state index in [0.717, 1.165) is 18.8 Å². The van der Waals surface area contributed by atoms with Crippen LogP contribution in [0.2, 0.25) is 0 Å². The Hall–Kier alpha value is -1.88. The first-order chi connectivity index (χ1) is 11.3. The standard InChI is InChI=1S/C19H25NO3/c1-16-4-2-3-5-18(16)15-23-19-8-6-17(7-9-19)14-20-10-12-22-13-11-21/h2-9,20-21H,10-15H2,1H3. The highest BCUT2D eigenvalue weighted by atomic mass is 16.5. The van der Waals surface area contributed by atoms with E-state index in [0.29, 0.717) is 19.8 Å². The van der Waals surface area contributed by atoms with Crippen molar-refractivity contribution in [2.24, 2.45) is 0 Å². The van der Waals surface area contributed by atoms with Crippen molar-refractivity contribution in [3.8, 4) is 5.75 Å². The maximum Gasteiger partial charge on any atom is 0.119 e. The van der Waals surface area contributed by atoms with E-state index in [9.17, 15) is 0 Å². The molecule has 0 aromatic heterocycles. The minimum atomic E-state index is 0.0734. The normalized spacial score (nSPS) is 10.7. The van der Waals surface area contributed by atoms with Crippen molar-refractivity contribution >= 4 is 0 Å². The van der Waals surface area contributed by atoms with Gasteiger partial charge in [0.2, 0.25) is 0 Å². The lowest BCUT2D eigenvalue weighted by molar-refractivity contribution is 0.0938. The van der Waals surface area contributed by atoms with Gasteiger partial charge >= 0.3 is 0 Å². The van der Waals surface area contributed by atoms with Crippen LogP contribution in [0.15, 0.2) is 48.5 Å². The highest BCUT2D eigenvalue weighted by molar-refractivity contribution is 5.29. The summed E-state index contributed by atoms with van der Waals surface area (Å²) in [7, 11) is 0. The van der Waals surface area contributed by atoms with E-state index in [1.165, 1.54) is 16.7 Å². The Balaban J connectivity index is 1.71. The summed E-state index contributed by atoms with van der Waals surface area (Å²) >= 11 is 0. The molecular weight excluding hydrogens is 290 g/mol. The number of aryl methyl sites for hydroxylation is 1. The van der Waals surface area contributed by atoms with Crippen LogP contribution < -0.4 is 10.1 Å². The number of ether oxygens (including phenoxy) is 2. The second-order valence-electron chi connectivity index (χ2n) is 5.37. The number of aliphatic hydroxyl groups is 1. The van der Waals surface area contributed by atoms with Gasteiger partial charge in [0.1, 0.15) is 12.4 Å². The molecule has 0 saturated carbocycles. The van der Waals surface area contributed by atoms with Gasteiger partial charge in [-0.05, 0) is 35.7 Å². The molecule has 2 rings (SSSR count). The topological polar surface area (TPSA) is 50.7 Å². The van der Waals surface area contributed by atoms with E-state index in [2.05, 4.69) is 36.5 Å². The van der Waals surface area contributed by atoms with Crippen molar-refractivity contribution in [1.82, 2.24) is 5.32 Å². The van der Waals surface area contributed by atoms with Crippen LogP contribution >= 0.6 is 0 Å². The van der Waals surface area contributed by atoms with Crippen LogP contribution in [0.5, 0.6) is 5.75 Å². The van der Waals surface area contributed by atoms with E-state index in [4.69, 9.17) is 14.6 Å². The van der Waals surface area contributed by atoms with E-state index in [-0.39, 0.29) is 6.61 Å². The molecule has 0 aliphatic heterocycles. The van der Waals surface area contributed by atoms with Crippen molar-refractivity contribution < 1.29 is 14.6 Å². The van der Waals surface area contributed by atoms with Crippen molar-refractivity contribution in [3.63, 3.8) is 0 Å². The third-order valence-electron chi connectivity index (χ3n) is 3.57. The van der Waals surface area contributed by atoms with Crippen molar-refractivity contribution in [3.05, 3.63) is 65.2 Å². The SMILES string of the molecule is Cc1ccccc1COc1ccc(CNCCOCCO)cc1. The lowest BCUT2D eigenvalue weighted by Crippen LogP contribution is -2.19. The molecule has 23 heavy (non-hydrogen) atoms. The summed E-state index contributed by atoms with van der Waals surface area (Å²) in [5.74, 6) is 0.878.